The van der Waals surface area contributed by atoms with Gasteiger partial charge in [0.2, 0.25) is 0 Å². The second-order valence-electron chi connectivity index (χ2n) is 10.3. The molecule has 180 valence electrons. The molecule has 0 radical (unpaired) electrons. The van der Waals surface area contributed by atoms with E-state index in [2.05, 4.69) is 91.0 Å². The summed E-state index contributed by atoms with van der Waals surface area (Å²) in [5.41, 5.74) is 3.81. The van der Waals surface area contributed by atoms with Crippen molar-refractivity contribution < 1.29 is 0 Å². The predicted octanol–water partition coefficient (Wildman–Crippen LogP) is 5.98. The van der Waals surface area contributed by atoms with Crippen LogP contribution in [-0.4, -0.2) is 9.97 Å². The molecule has 0 N–H and O–H groups in total. The van der Waals surface area contributed by atoms with Crippen LogP contribution in [0.25, 0.3) is 79.1 Å². The Balaban J connectivity index is 1.58. The lowest BCUT2D eigenvalue weighted by Gasteiger charge is -2.19. The average molecular weight is 487 g/mol. The van der Waals surface area contributed by atoms with Crippen LogP contribution in [0.4, 0.5) is 0 Å². The van der Waals surface area contributed by atoms with E-state index >= 15 is 0 Å². The zero-order valence-corrected chi connectivity index (χ0v) is 21.1. The summed E-state index contributed by atoms with van der Waals surface area (Å²) < 4.78 is 0. The molecule has 2 heteroatoms. The fourth-order valence-corrected chi connectivity index (χ4v) is 6.55. The smallest absolute Gasteiger partial charge is 0.160 e. The third-order valence-corrected chi connectivity index (χ3v) is 8.17. The van der Waals surface area contributed by atoms with Crippen LogP contribution in [-0.2, 0) is 0 Å². The van der Waals surface area contributed by atoms with Crippen LogP contribution >= 0.6 is 0 Å². The Bertz CT molecular complexity index is 2170. The van der Waals surface area contributed by atoms with Crippen molar-refractivity contribution in [1.82, 2.24) is 9.97 Å². The van der Waals surface area contributed by atoms with E-state index in [1.165, 1.54) is 64.3 Å². The van der Waals surface area contributed by atoms with Crippen molar-refractivity contribution in [2.24, 2.45) is 0 Å². The second-order valence-corrected chi connectivity index (χ2v) is 10.3. The van der Waals surface area contributed by atoms with Crippen LogP contribution < -0.4 is 20.9 Å². The molecule has 0 atom stereocenters. The minimum absolute atomic E-state index is 0.796. The Morgan fingerprint density at radius 3 is 1.76 bits per heavy atom. The van der Waals surface area contributed by atoms with E-state index in [4.69, 9.17) is 9.97 Å². The summed E-state index contributed by atoms with van der Waals surface area (Å²) in [5, 5.41) is 13.0. The summed E-state index contributed by atoms with van der Waals surface area (Å²) >= 11 is 0. The fourth-order valence-electron chi connectivity index (χ4n) is 6.55. The van der Waals surface area contributed by atoms with Gasteiger partial charge >= 0.3 is 0 Å². The highest BCUT2D eigenvalue weighted by molar-refractivity contribution is 6.07. The third-order valence-electron chi connectivity index (χ3n) is 8.17. The van der Waals surface area contributed by atoms with E-state index < -0.39 is 0 Å². The molecule has 0 bridgehead atoms. The first kappa shape index (κ1) is 21.5. The van der Waals surface area contributed by atoms with E-state index in [0.717, 1.165) is 37.1 Å². The molecule has 1 aromatic heterocycles. The molecule has 2 nitrogen and oxygen atoms in total. The molecular weight excluding hydrogens is 460 g/mol. The SMILES string of the molecule is C1=c2c(-c3ncccn3)c3ccccc3c(-c3cc4cc5ccccc5cc4c4c3=CCCC=4)c2=CCC1. The summed E-state index contributed by atoms with van der Waals surface area (Å²) in [4.78, 5) is 9.39. The first-order valence-corrected chi connectivity index (χ1v) is 13.6. The van der Waals surface area contributed by atoms with Gasteiger partial charge in [0.05, 0.1) is 0 Å². The highest BCUT2D eigenvalue weighted by Crippen LogP contribution is 2.31. The highest BCUT2D eigenvalue weighted by Gasteiger charge is 2.19. The van der Waals surface area contributed by atoms with E-state index in [0.29, 0.717) is 0 Å². The van der Waals surface area contributed by atoms with Crippen molar-refractivity contribution in [1.29, 1.82) is 0 Å². The molecule has 8 rings (SSSR count). The number of rotatable bonds is 2. The lowest BCUT2D eigenvalue weighted by atomic mass is 9.85. The first-order chi connectivity index (χ1) is 18.9. The largest absolute Gasteiger partial charge is 0.237 e. The number of hydrogen-bond acceptors (Lipinski definition) is 2. The summed E-state index contributed by atoms with van der Waals surface area (Å²) in [6.07, 6.45) is 17.7. The number of hydrogen-bond donors (Lipinski definition) is 0. The standard InChI is InChI=1S/C36H26N2/c1-2-11-24-21-32-25(20-23(24)10-1)22-33(27-13-4-3-12-26(27)32)34-28-14-5-7-16-30(28)35(36-37-18-9-19-38-36)31-17-8-6-15-29(31)34/h1-2,5,7,9-22H,3-4,6,8H2. The molecule has 5 aromatic carbocycles. The van der Waals surface area contributed by atoms with Crippen molar-refractivity contribution in [3.63, 3.8) is 0 Å². The minimum atomic E-state index is 0.796. The fraction of sp³-hybridized carbons (Fsp3) is 0.111. The summed E-state index contributed by atoms with van der Waals surface area (Å²) in [5.74, 6) is 0.796. The van der Waals surface area contributed by atoms with Gasteiger partial charge in [-0.15, -0.1) is 0 Å². The summed E-state index contributed by atoms with van der Waals surface area (Å²) in [7, 11) is 0. The molecule has 2 aliphatic carbocycles. The van der Waals surface area contributed by atoms with Gasteiger partial charge < -0.3 is 0 Å². The highest BCUT2D eigenvalue weighted by atomic mass is 14.9. The molecule has 0 amide bonds. The zero-order valence-electron chi connectivity index (χ0n) is 21.1. The molecule has 0 unspecified atom stereocenters. The van der Waals surface area contributed by atoms with Crippen molar-refractivity contribution in [2.75, 3.05) is 0 Å². The quantitative estimate of drug-likeness (QED) is 0.282. The Kier molecular flexibility index (Phi) is 4.81. The van der Waals surface area contributed by atoms with Gasteiger partial charge in [0.1, 0.15) is 0 Å². The van der Waals surface area contributed by atoms with Crippen molar-refractivity contribution >= 4 is 56.6 Å². The van der Waals surface area contributed by atoms with Gasteiger partial charge in [0.25, 0.3) is 0 Å². The maximum atomic E-state index is 4.69. The molecule has 2 aliphatic rings. The summed E-state index contributed by atoms with van der Waals surface area (Å²) in [6, 6.07) is 26.6. The van der Waals surface area contributed by atoms with E-state index in [9.17, 15) is 0 Å². The zero-order chi connectivity index (χ0) is 25.1. The molecule has 1 heterocycles. The van der Waals surface area contributed by atoms with Gasteiger partial charge in [0.15, 0.2) is 5.82 Å². The normalized spacial score (nSPS) is 14.2. The first-order valence-electron chi connectivity index (χ1n) is 13.6. The predicted molar refractivity (Wildman–Crippen MR) is 160 cm³/mol. The van der Waals surface area contributed by atoms with Crippen molar-refractivity contribution in [3.8, 4) is 22.5 Å². The van der Waals surface area contributed by atoms with E-state index in [1.807, 2.05) is 18.5 Å². The third kappa shape index (κ3) is 3.20. The maximum absolute atomic E-state index is 4.69. The van der Waals surface area contributed by atoms with Crippen LogP contribution in [0.5, 0.6) is 0 Å². The van der Waals surface area contributed by atoms with Gasteiger partial charge in [-0.05, 0) is 114 Å². The van der Waals surface area contributed by atoms with Crippen LogP contribution in [0, 0.1) is 0 Å². The van der Waals surface area contributed by atoms with Gasteiger partial charge in [-0.3, -0.25) is 0 Å². The van der Waals surface area contributed by atoms with Crippen LogP contribution in [0.15, 0.2) is 85.2 Å². The van der Waals surface area contributed by atoms with Gasteiger partial charge in [-0.2, -0.15) is 0 Å². The van der Waals surface area contributed by atoms with E-state index in [1.54, 1.807) is 0 Å². The molecule has 6 aromatic rings. The number of nitrogens with zero attached hydrogens (tertiary/aromatic N) is 2. The van der Waals surface area contributed by atoms with Crippen LogP contribution in [0.2, 0.25) is 0 Å². The number of benzene rings is 5. The Hall–Kier alpha value is -4.56. The Morgan fingerprint density at radius 1 is 0.447 bits per heavy atom. The molecule has 38 heavy (non-hydrogen) atoms. The average Bonchev–Trinajstić information content (AvgIpc) is 2.99. The van der Waals surface area contributed by atoms with Crippen molar-refractivity contribution in [2.45, 2.75) is 25.7 Å². The van der Waals surface area contributed by atoms with Crippen LogP contribution in [0.1, 0.15) is 25.7 Å². The van der Waals surface area contributed by atoms with Crippen molar-refractivity contribution in [3.05, 3.63) is 106 Å². The lowest BCUT2D eigenvalue weighted by Crippen LogP contribution is -2.36. The molecular formula is C36H26N2. The summed E-state index contributed by atoms with van der Waals surface area (Å²) in [6.45, 7) is 0. The van der Waals surface area contributed by atoms with E-state index in [-0.39, 0.29) is 0 Å². The van der Waals surface area contributed by atoms with Gasteiger partial charge in [-0.25, -0.2) is 9.97 Å². The Labute approximate surface area is 220 Å². The molecule has 0 spiro atoms. The topological polar surface area (TPSA) is 25.8 Å². The molecule has 0 saturated carbocycles. The van der Waals surface area contributed by atoms with Crippen LogP contribution in [0.3, 0.4) is 0 Å². The number of fused-ring (bicyclic) bond motifs is 6. The maximum Gasteiger partial charge on any atom is 0.160 e. The Morgan fingerprint density at radius 2 is 1.03 bits per heavy atom. The lowest BCUT2D eigenvalue weighted by molar-refractivity contribution is 1.11. The number of aromatic nitrogens is 2. The second kappa shape index (κ2) is 8.49. The molecule has 0 fully saturated rings. The molecule has 0 saturated heterocycles. The molecule has 0 aliphatic heterocycles. The monoisotopic (exact) mass is 486 g/mol. The van der Waals surface area contributed by atoms with Gasteiger partial charge in [-0.1, -0.05) is 72.8 Å². The van der Waals surface area contributed by atoms with Gasteiger partial charge in [0, 0.05) is 18.0 Å². The minimum Gasteiger partial charge on any atom is -0.237 e.